The minimum atomic E-state index is -0.235. The van der Waals surface area contributed by atoms with E-state index in [0.29, 0.717) is 44.1 Å². The van der Waals surface area contributed by atoms with Crippen LogP contribution in [0.5, 0.6) is 11.5 Å². The van der Waals surface area contributed by atoms with Crippen LogP contribution in [0, 0.1) is 0 Å². The van der Waals surface area contributed by atoms with Crippen LogP contribution in [0.15, 0.2) is 35.3 Å². The molecule has 7 heteroatoms. The van der Waals surface area contributed by atoms with E-state index in [4.69, 9.17) is 21.1 Å². The Bertz CT molecular complexity index is 1130. The molecular weight excluding hydrogens is 318 g/mol. The molecule has 4 aromatic rings. The van der Waals surface area contributed by atoms with Gasteiger partial charge in [0.2, 0.25) is 0 Å². The van der Waals surface area contributed by atoms with Gasteiger partial charge in [-0.25, -0.2) is 4.98 Å². The minimum Gasteiger partial charge on any atom is -0.497 e. The van der Waals surface area contributed by atoms with Crippen LogP contribution in [0.4, 0.5) is 0 Å². The van der Waals surface area contributed by atoms with Gasteiger partial charge in [0.05, 0.1) is 25.0 Å². The molecule has 0 spiro atoms. The van der Waals surface area contributed by atoms with Crippen molar-refractivity contribution in [1.82, 2.24) is 14.4 Å². The molecule has 0 radical (unpaired) electrons. The third-order valence-electron chi connectivity index (χ3n) is 3.83. The van der Waals surface area contributed by atoms with E-state index < -0.39 is 0 Å². The molecule has 0 amide bonds. The van der Waals surface area contributed by atoms with Crippen LogP contribution in [0.1, 0.15) is 0 Å². The maximum absolute atomic E-state index is 12.5. The van der Waals surface area contributed by atoms with Crippen LogP contribution in [0.25, 0.3) is 27.6 Å². The fourth-order valence-corrected chi connectivity index (χ4v) is 2.93. The molecule has 4 rings (SSSR count). The van der Waals surface area contributed by atoms with Gasteiger partial charge in [-0.05, 0) is 12.1 Å². The quantitative estimate of drug-likeness (QED) is 0.614. The number of methoxy groups -OCH3 is 2. The fourth-order valence-electron chi connectivity index (χ4n) is 2.78. The number of rotatable bonds is 2. The second-order valence-electron chi connectivity index (χ2n) is 5.09. The van der Waals surface area contributed by atoms with Crippen molar-refractivity contribution in [3.05, 3.63) is 45.8 Å². The second kappa shape index (κ2) is 4.89. The van der Waals surface area contributed by atoms with E-state index in [1.807, 2.05) is 0 Å². The van der Waals surface area contributed by atoms with Gasteiger partial charge in [-0.3, -0.25) is 9.20 Å². The summed E-state index contributed by atoms with van der Waals surface area (Å²) in [7, 11) is 3.09. The SMILES string of the molecule is COc1cc(OC)c2c(c1)c(=O)[nH]c1c2nc2cc(Cl)ccn21. The molecule has 3 heterocycles. The summed E-state index contributed by atoms with van der Waals surface area (Å²) in [6, 6.07) is 6.89. The highest BCUT2D eigenvalue weighted by Crippen LogP contribution is 2.34. The first-order chi connectivity index (χ1) is 11.1. The number of fused-ring (bicyclic) bond motifs is 5. The Kier molecular flexibility index (Phi) is 2.96. The molecule has 116 valence electrons. The Labute approximate surface area is 135 Å². The molecule has 0 unspecified atom stereocenters. The van der Waals surface area contributed by atoms with Crippen molar-refractivity contribution in [2.45, 2.75) is 0 Å². The van der Waals surface area contributed by atoms with E-state index in [1.165, 1.54) is 0 Å². The molecular formula is C16H12ClN3O3. The number of benzene rings is 1. The van der Waals surface area contributed by atoms with Gasteiger partial charge in [0.15, 0.2) is 0 Å². The number of hydrogen-bond donors (Lipinski definition) is 1. The molecule has 1 aromatic carbocycles. The second-order valence-corrected chi connectivity index (χ2v) is 5.52. The van der Waals surface area contributed by atoms with E-state index >= 15 is 0 Å². The lowest BCUT2D eigenvalue weighted by molar-refractivity contribution is 0.398. The number of imidazole rings is 1. The monoisotopic (exact) mass is 329 g/mol. The molecule has 0 aliphatic heterocycles. The number of H-pyrrole nitrogens is 1. The van der Waals surface area contributed by atoms with E-state index in [1.54, 1.807) is 49.1 Å². The first kappa shape index (κ1) is 13.9. The smallest absolute Gasteiger partial charge is 0.257 e. The minimum absolute atomic E-state index is 0.235. The summed E-state index contributed by atoms with van der Waals surface area (Å²) >= 11 is 6.03. The van der Waals surface area contributed by atoms with Gasteiger partial charge in [0.1, 0.15) is 28.3 Å². The lowest BCUT2D eigenvalue weighted by Crippen LogP contribution is -2.08. The molecule has 0 aliphatic carbocycles. The number of ether oxygens (including phenoxy) is 2. The van der Waals surface area contributed by atoms with Crippen molar-refractivity contribution in [1.29, 1.82) is 0 Å². The summed E-state index contributed by atoms with van der Waals surface area (Å²) in [5.41, 5.74) is 1.65. The van der Waals surface area contributed by atoms with E-state index in [9.17, 15) is 4.79 Å². The molecule has 3 aromatic heterocycles. The Balaban J connectivity index is 2.28. The van der Waals surface area contributed by atoms with E-state index in [2.05, 4.69) is 9.97 Å². The van der Waals surface area contributed by atoms with Gasteiger partial charge >= 0.3 is 0 Å². The number of nitrogens with one attached hydrogen (secondary N) is 1. The zero-order valence-corrected chi connectivity index (χ0v) is 13.1. The van der Waals surface area contributed by atoms with Crippen LogP contribution in [0.3, 0.4) is 0 Å². The largest absolute Gasteiger partial charge is 0.497 e. The van der Waals surface area contributed by atoms with Crippen molar-refractivity contribution < 1.29 is 9.47 Å². The van der Waals surface area contributed by atoms with Crippen LogP contribution in [-0.2, 0) is 0 Å². The maximum Gasteiger partial charge on any atom is 0.257 e. The molecule has 0 bridgehead atoms. The van der Waals surface area contributed by atoms with Gasteiger partial charge in [-0.2, -0.15) is 0 Å². The predicted octanol–water partition coefficient (Wildman–Crippen LogP) is 3.00. The highest BCUT2D eigenvalue weighted by molar-refractivity contribution is 6.30. The van der Waals surface area contributed by atoms with Crippen LogP contribution in [-0.4, -0.2) is 28.6 Å². The summed E-state index contributed by atoms with van der Waals surface area (Å²) < 4.78 is 12.5. The number of pyridine rings is 2. The molecule has 0 fully saturated rings. The standard InChI is InChI=1S/C16H12ClN3O3/c1-22-9-6-10-13(11(7-9)23-2)14-15(19-16(10)21)20-4-3-8(17)5-12(20)18-14/h3-7H,1-2H3,(H,19,21). The fraction of sp³-hybridized carbons (Fsp3) is 0.125. The summed E-state index contributed by atoms with van der Waals surface area (Å²) in [4.78, 5) is 20.0. The highest BCUT2D eigenvalue weighted by atomic mass is 35.5. The first-order valence-corrected chi connectivity index (χ1v) is 7.25. The predicted molar refractivity (Wildman–Crippen MR) is 88.9 cm³/mol. The van der Waals surface area contributed by atoms with Crippen molar-refractivity contribution in [2.75, 3.05) is 14.2 Å². The van der Waals surface area contributed by atoms with Gasteiger partial charge in [0.25, 0.3) is 5.56 Å². The van der Waals surface area contributed by atoms with E-state index in [0.717, 1.165) is 0 Å². The summed E-state index contributed by atoms with van der Waals surface area (Å²) in [5, 5.41) is 1.68. The lowest BCUT2D eigenvalue weighted by atomic mass is 10.1. The molecule has 1 N–H and O–H groups in total. The summed E-state index contributed by atoms with van der Waals surface area (Å²) in [6.07, 6.45) is 1.77. The maximum atomic E-state index is 12.5. The number of aromatic nitrogens is 3. The van der Waals surface area contributed by atoms with Crippen LogP contribution >= 0.6 is 11.6 Å². The number of aromatic amines is 1. The topological polar surface area (TPSA) is 68.6 Å². The van der Waals surface area contributed by atoms with Crippen LogP contribution < -0.4 is 15.0 Å². The van der Waals surface area contributed by atoms with Gasteiger partial charge in [0, 0.05) is 23.4 Å². The zero-order valence-electron chi connectivity index (χ0n) is 12.4. The molecule has 6 nitrogen and oxygen atoms in total. The number of halogens is 1. The Hall–Kier alpha value is -2.73. The summed E-state index contributed by atoms with van der Waals surface area (Å²) in [6.45, 7) is 0. The Morgan fingerprint density at radius 3 is 2.78 bits per heavy atom. The normalized spacial score (nSPS) is 11.4. The first-order valence-electron chi connectivity index (χ1n) is 6.87. The molecule has 23 heavy (non-hydrogen) atoms. The summed E-state index contributed by atoms with van der Waals surface area (Å²) in [5.74, 6) is 1.08. The van der Waals surface area contributed by atoms with Crippen molar-refractivity contribution in [2.24, 2.45) is 0 Å². The van der Waals surface area contributed by atoms with Gasteiger partial charge in [-0.15, -0.1) is 0 Å². The lowest BCUT2D eigenvalue weighted by Gasteiger charge is -2.08. The third kappa shape index (κ3) is 1.95. The Morgan fingerprint density at radius 1 is 1.22 bits per heavy atom. The van der Waals surface area contributed by atoms with Gasteiger partial charge < -0.3 is 14.5 Å². The van der Waals surface area contributed by atoms with Crippen LogP contribution in [0.2, 0.25) is 5.02 Å². The Morgan fingerprint density at radius 2 is 2.04 bits per heavy atom. The number of hydrogen-bond acceptors (Lipinski definition) is 4. The average Bonchev–Trinajstić information content (AvgIpc) is 2.91. The molecule has 0 aliphatic rings. The van der Waals surface area contributed by atoms with Gasteiger partial charge in [-0.1, -0.05) is 11.6 Å². The average molecular weight is 330 g/mol. The zero-order chi connectivity index (χ0) is 16.1. The molecule has 0 saturated heterocycles. The number of nitrogens with zero attached hydrogens (tertiary/aromatic N) is 2. The third-order valence-corrected chi connectivity index (χ3v) is 4.07. The molecule has 0 saturated carbocycles. The van der Waals surface area contributed by atoms with Crippen molar-refractivity contribution in [3.63, 3.8) is 0 Å². The van der Waals surface area contributed by atoms with Crippen molar-refractivity contribution in [3.8, 4) is 11.5 Å². The highest BCUT2D eigenvalue weighted by Gasteiger charge is 2.16. The molecule has 0 atom stereocenters. The van der Waals surface area contributed by atoms with E-state index in [-0.39, 0.29) is 5.56 Å². The van der Waals surface area contributed by atoms with Crippen molar-refractivity contribution >= 4 is 39.2 Å².